The fourth-order valence-corrected chi connectivity index (χ4v) is 1.96. The normalized spacial score (nSPS) is 12.4. The molecule has 3 nitrogen and oxygen atoms in total. The quantitative estimate of drug-likeness (QED) is 0.727. The molecule has 0 atom stereocenters. The van der Waals surface area contributed by atoms with Crippen molar-refractivity contribution >= 4 is 0 Å². The zero-order valence-corrected chi connectivity index (χ0v) is 13.5. The van der Waals surface area contributed by atoms with Gasteiger partial charge in [-0.1, -0.05) is 13.8 Å². The van der Waals surface area contributed by atoms with Crippen LogP contribution in [0.3, 0.4) is 0 Å². The molecule has 0 bridgehead atoms. The summed E-state index contributed by atoms with van der Waals surface area (Å²) in [5, 5.41) is 3.38. The van der Waals surface area contributed by atoms with Crippen molar-refractivity contribution in [1.29, 1.82) is 0 Å². The first-order chi connectivity index (χ1) is 8.90. The van der Waals surface area contributed by atoms with Crippen molar-refractivity contribution < 1.29 is 4.42 Å². The molecule has 0 radical (unpaired) electrons. The van der Waals surface area contributed by atoms with Crippen molar-refractivity contribution in [1.82, 2.24) is 10.2 Å². The molecule has 3 heteroatoms. The molecule has 1 rings (SSSR count). The van der Waals surface area contributed by atoms with E-state index in [9.17, 15) is 0 Å². The number of nitrogens with zero attached hydrogens (tertiary/aromatic N) is 1. The zero-order valence-electron chi connectivity index (χ0n) is 13.5. The summed E-state index contributed by atoms with van der Waals surface area (Å²) >= 11 is 0. The van der Waals surface area contributed by atoms with Crippen LogP contribution < -0.4 is 5.32 Å². The van der Waals surface area contributed by atoms with Crippen molar-refractivity contribution in [2.45, 2.75) is 66.1 Å². The van der Waals surface area contributed by atoms with Crippen LogP contribution in [0.4, 0.5) is 0 Å². The molecule has 0 saturated carbocycles. The van der Waals surface area contributed by atoms with Gasteiger partial charge in [-0.05, 0) is 53.3 Å². The summed E-state index contributed by atoms with van der Waals surface area (Å²) in [7, 11) is 2.19. The van der Waals surface area contributed by atoms with E-state index in [1.165, 1.54) is 5.56 Å². The maximum atomic E-state index is 5.82. The maximum Gasteiger partial charge on any atom is 0.118 e. The van der Waals surface area contributed by atoms with E-state index in [2.05, 4.69) is 57.9 Å². The molecule has 19 heavy (non-hydrogen) atoms. The molecule has 0 spiro atoms. The second-order valence-corrected chi connectivity index (χ2v) is 5.99. The smallest absolute Gasteiger partial charge is 0.118 e. The van der Waals surface area contributed by atoms with E-state index in [1.807, 2.05) is 0 Å². The van der Waals surface area contributed by atoms with E-state index >= 15 is 0 Å². The van der Waals surface area contributed by atoms with E-state index in [-0.39, 0.29) is 5.54 Å². The highest BCUT2D eigenvalue weighted by Crippen LogP contribution is 2.22. The Morgan fingerprint density at radius 1 is 1.32 bits per heavy atom. The van der Waals surface area contributed by atoms with Gasteiger partial charge in [0.25, 0.3) is 0 Å². The summed E-state index contributed by atoms with van der Waals surface area (Å²) < 4.78 is 5.82. The highest BCUT2D eigenvalue weighted by atomic mass is 16.3. The lowest BCUT2D eigenvalue weighted by molar-refractivity contribution is 0.142. The first kappa shape index (κ1) is 16.3. The fourth-order valence-electron chi connectivity index (χ4n) is 1.96. The fraction of sp³-hybridized carbons (Fsp3) is 0.750. The highest BCUT2D eigenvalue weighted by molar-refractivity contribution is 5.21. The van der Waals surface area contributed by atoms with E-state index in [1.54, 1.807) is 0 Å². The minimum atomic E-state index is 0.227. The van der Waals surface area contributed by atoms with Crippen LogP contribution in [0.1, 0.15) is 57.6 Å². The summed E-state index contributed by atoms with van der Waals surface area (Å²) in [6.07, 6.45) is 2.30. The second kappa shape index (κ2) is 7.11. The van der Waals surface area contributed by atoms with Gasteiger partial charge in [0.15, 0.2) is 0 Å². The van der Waals surface area contributed by atoms with Gasteiger partial charge >= 0.3 is 0 Å². The van der Waals surface area contributed by atoms with Gasteiger partial charge in [-0.15, -0.1) is 0 Å². The summed E-state index contributed by atoms with van der Waals surface area (Å²) in [5.41, 5.74) is 1.53. The van der Waals surface area contributed by atoms with Gasteiger partial charge < -0.3 is 9.73 Å². The van der Waals surface area contributed by atoms with Crippen LogP contribution in [0.5, 0.6) is 0 Å². The van der Waals surface area contributed by atoms with Crippen molar-refractivity contribution in [3.63, 3.8) is 0 Å². The lowest BCUT2D eigenvalue weighted by atomic mass is 9.99. The molecule has 0 fully saturated rings. The minimum absolute atomic E-state index is 0.227. The Kier molecular flexibility index (Phi) is 6.08. The summed E-state index contributed by atoms with van der Waals surface area (Å²) in [6.45, 7) is 13.9. The van der Waals surface area contributed by atoms with E-state index in [0.717, 1.165) is 44.0 Å². The van der Waals surface area contributed by atoms with Crippen LogP contribution in [0, 0.1) is 6.92 Å². The highest BCUT2D eigenvalue weighted by Gasteiger charge is 2.22. The van der Waals surface area contributed by atoms with Gasteiger partial charge in [-0.2, -0.15) is 0 Å². The molecule has 1 N–H and O–H groups in total. The molecule has 0 aliphatic carbocycles. The molecular weight excluding hydrogens is 236 g/mol. The van der Waals surface area contributed by atoms with Crippen LogP contribution in [-0.4, -0.2) is 24.0 Å². The Morgan fingerprint density at radius 2 is 2.00 bits per heavy atom. The molecule has 110 valence electrons. The summed E-state index contributed by atoms with van der Waals surface area (Å²) in [6, 6.07) is 2.19. The lowest BCUT2D eigenvalue weighted by Gasteiger charge is -2.34. The molecule has 0 aliphatic rings. The van der Waals surface area contributed by atoms with Crippen LogP contribution in [0.15, 0.2) is 10.5 Å². The van der Waals surface area contributed by atoms with Gasteiger partial charge in [0.2, 0.25) is 0 Å². The number of nitrogens with one attached hydrogen (secondary N) is 1. The zero-order chi connectivity index (χ0) is 14.5. The molecule has 1 aromatic rings. The average Bonchev–Trinajstić information content (AvgIpc) is 2.70. The van der Waals surface area contributed by atoms with Crippen LogP contribution in [-0.2, 0) is 13.1 Å². The van der Waals surface area contributed by atoms with Crippen molar-refractivity contribution in [2.24, 2.45) is 0 Å². The van der Waals surface area contributed by atoms with Crippen molar-refractivity contribution in [3.8, 4) is 0 Å². The van der Waals surface area contributed by atoms with E-state index < -0.39 is 0 Å². The largest absolute Gasteiger partial charge is 0.465 e. The standard InChI is InChI=1S/C16H30N2O/c1-7-9-17-11-15-10-14(13(3)19-15)12-18(6)16(4,5)8-2/h10,17H,7-9,11-12H2,1-6H3. The monoisotopic (exact) mass is 266 g/mol. The Bertz CT molecular complexity index is 382. The molecular formula is C16H30N2O. The molecule has 0 saturated heterocycles. The number of aryl methyl sites for hydroxylation is 1. The summed E-state index contributed by atoms with van der Waals surface area (Å²) in [4.78, 5) is 2.40. The van der Waals surface area contributed by atoms with Crippen molar-refractivity contribution in [2.75, 3.05) is 13.6 Å². The number of rotatable bonds is 8. The maximum absolute atomic E-state index is 5.82. The van der Waals surface area contributed by atoms with Gasteiger partial charge in [0, 0.05) is 17.6 Å². The average molecular weight is 266 g/mol. The van der Waals surface area contributed by atoms with Gasteiger partial charge in [-0.25, -0.2) is 0 Å². The molecule has 1 heterocycles. The second-order valence-electron chi connectivity index (χ2n) is 5.99. The Balaban J connectivity index is 2.64. The molecule has 0 amide bonds. The molecule has 1 aromatic heterocycles. The van der Waals surface area contributed by atoms with Crippen LogP contribution in [0.25, 0.3) is 0 Å². The first-order valence-corrected chi connectivity index (χ1v) is 7.40. The molecule has 0 aliphatic heterocycles. The number of hydrogen-bond acceptors (Lipinski definition) is 3. The summed E-state index contributed by atoms with van der Waals surface area (Å²) in [5.74, 6) is 2.09. The lowest BCUT2D eigenvalue weighted by Crippen LogP contribution is -2.39. The van der Waals surface area contributed by atoms with Crippen LogP contribution >= 0.6 is 0 Å². The van der Waals surface area contributed by atoms with Crippen molar-refractivity contribution in [3.05, 3.63) is 23.2 Å². The van der Waals surface area contributed by atoms with Gasteiger partial charge in [0.05, 0.1) is 6.54 Å². The third-order valence-electron chi connectivity index (χ3n) is 4.10. The third-order valence-corrected chi connectivity index (χ3v) is 4.10. The van der Waals surface area contributed by atoms with E-state index in [0.29, 0.717) is 0 Å². The molecule has 0 aromatic carbocycles. The number of hydrogen-bond donors (Lipinski definition) is 1. The van der Waals surface area contributed by atoms with Gasteiger partial charge in [-0.3, -0.25) is 4.90 Å². The SMILES string of the molecule is CCCNCc1cc(CN(C)C(C)(C)CC)c(C)o1. The first-order valence-electron chi connectivity index (χ1n) is 7.40. The molecule has 0 unspecified atom stereocenters. The third kappa shape index (κ3) is 4.66. The van der Waals surface area contributed by atoms with Crippen LogP contribution in [0.2, 0.25) is 0 Å². The van der Waals surface area contributed by atoms with Gasteiger partial charge in [0.1, 0.15) is 11.5 Å². The predicted molar refractivity (Wildman–Crippen MR) is 81.3 cm³/mol. The predicted octanol–water partition coefficient (Wildman–Crippen LogP) is 3.71. The minimum Gasteiger partial charge on any atom is -0.465 e. The number of furan rings is 1. The Hall–Kier alpha value is -0.800. The topological polar surface area (TPSA) is 28.4 Å². The van der Waals surface area contributed by atoms with E-state index in [4.69, 9.17) is 4.42 Å². The Labute approximate surface area is 118 Å². The Morgan fingerprint density at radius 3 is 2.58 bits per heavy atom.